The Morgan fingerprint density at radius 2 is 2.33 bits per heavy atom. The number of hydrogen-bond acceptors (Lipinski definition) is 5. The van der Waals surface area contributed by atoms with Gasteiger partial charge in [0, 0.05) is 18.0 Å². The van der Waals surface area contributed by atoms with Crippen LogP contribution >= 0.6 is 11.3 Å². The predicted octanol–water partition coefficient (Wildman–Crippen LogP) is 1.18. The van der Waals surface area contributed by atoms with E-state index in [1.165, 1.54) is 10.6 Å². The molecule has 0 spiro atoms. The average molecular weight is 329 g/mol. The first kappa shape index (κ1) is 16.1. The zero-order valence-corrected chi connectivity index (χ0v) is 13.7. The van der Waals surface area contributed by atoms with Crippen molar-refractivity contribution in [2.45, 2.75) is 19.8 Å². The van der Waals surface area contributed by atoms with Crippen LogP contribution in [0.2, 0.25) is 0 Å². The molecule has 1 aliphatic heterocycles. The Kier molecular flexibility index (Phi) is 5.13. The molecule has 6 nitrogen and oxygen atoms in total. The Morgan fingerprint density at radius 3 is 2.95 bits per heavy atom. The maximum atomic E-state index is 12.0. The van der Waals surface area contributed by atoms with E-state index in [1.54, 1.807) is 17.6 Å². The molecule has 1 aromatic heterocycles. The minimum atomic E-state index is -3.24. The largest absolute Gasteiger partial charge is 0.273 e. The van der Waals surface area contributed by atoms with Gasteiger partial charge >= 0.3 is 0 Å². The second kappa shape index (κ2) is 6.67. The summed E-state index contributed by atoms with van der Waals surface area (Å²) in [4.78, 5) is 13.0. The van der Waals surface area contributed by atoms with Gasteiger partial charge in [-0.15, -0.1) is 11.3 Å². The van der Waals surface area contributed by atoms with E-state index < -0.39 is 10.0 Å². The van der Waals surface area contributed by atoms with Crippen LogP contribution in [-0.2, 0) is 14.8 Å². The van der Waals surface area contributed by atoms with Crippen molar-refractivity contribution < 1.29 is 13.2 Å². The van der Waals surface area contributed by atoms with Gasteiger partial charge in [0.05, 0.1) is 18.4 Å². The van der Waals surface area contributed by atoms with E-state index in [-0.39, 0.29) is 18.4 Å². The molecule has 1 aliphatic rings. The van der Waals surface area contributed by atoms with Crippen LogP contribution in [0.25, 0.3) is 0 Å². The van der Waals surface area contributed by atoms with Crippen LogP contribution in [0.5, 0.6) is 0 Å². The number of rotatable bonds is 4. The van der Waals surface area contributed by atoms with Crippen LogP contribution in [-0.4, -0.2) is 44.2 Å². The number of aryl methyl sites for hydroxylation is 1. The number of thiophene rings is 1. The maximum Gasteiger partial charge on any atom is 0.244 e. The van der Waals surface area contributed by atoms with Crippen LogP contribution in [0.15, 0.2) is 16.5 Å². The van der Waals surface area contributed by atoms with E-state index in [4.69, 9.17) is 0 Å². The molecular formula is C13H19N3O3S2. The summed E-state index contributed by atoms with van der Waals surface area (Å²) in [6.07, 6.45) is 4.17. The van der Waals surface area contributed by atoms with E-state index in [1.807, 2.05) is 18.4 Å². The smallest absolute Gasteiger partial charge is 0.244 e. The number of carbonyl (C=O) groups excluding carboxylic acids is 1. The van der Waals surface area contributed by atoms with Gasteiger partial charge in [-0.05, 0) is 36.8 Å². The van der Waals surface area contributed by atoms with Crippen LogP contribution in [0.3, 0.4) is 0 Å². The Bertz CT molecular complexity index is 637. The van der Waals surface area contributed by atoms with Crippen molar-refractivity contribution in [1.82, 2.24) is 9.73 Å². The van der Waals surface area contributed by atoms with Crippen molar-refractivity contribution in [2.24, 2.45) is 11.0 Å². The molecule has 0 radical (unpaired) electrons. The Morgan fingerprint density at radius 1 is 1.57 bits per heavy atom. The Hall–Kier alpha value is -1.25. The predicted molar refractivity (Wildman–Crippen MR) is 83.9 cm³/mol. The highest BCUT2D eigenvalue weighted by molar-refractivity contribution is 7.88. The monoisotopic (exact) mass is 329 g/mol. The second-order valence-electron chi connectivity index (χ2n) is 5.16. The number of piperidine rings is 1. The van der Waals surface area contributed by atoms with Gasteiger partial charge in [-0.3, -0.25) is 4.79 Å². The van der Waals surface area contributed by atoms with Gasteiger partial charge in [0.15, 0.2) is 0 Å². The SMILES string of the molecule is Cc1ccsc1/C=N\NC(=O)[C@@H]1CCCN(S(C)(=O)=O)C1. The van der Waals surface area contributed by atoms with Gasteiger partial charge in [-0.1, -0.05) is 0 Å². The van der Waals surface area contributed by atoms with E-state index in [9.17, 15) is 13.2 Å². The number of hydrogen-bond donors (Lipinski definition) is 1. The van der Waals surface area contributed by atoms with Gasteiger partial charge < -0.3 is 0 Å². The van der Waals surface area contributed by atoms with Crippen LogP contribution in [0.4, 0.5) is 0 Å². The summed E-state index contributed by atoms with van der Waals surface area (Å²) < 4.78 is 24.4. The van der Waals surface area contributed by atoms with Gasteiger partial charge in [-0.2, -0.15) is 5.10 Å². The quantitative estimate of drug-likeness (QED) is 0.665. The third-order valence-electron chi connectivity index (χ3n) is 3.48. The molecule has 8 heteroatoms. The first-order chi connectivity index (χ1) is 9.88. The fraction of sp³-hybridized carbons (Fsp3) is 0.538. The first-order valence-electron chi connectivity index (χ1n) is 6.70. The molecule has 1 N–H and O–H groups in total. The molecule has 21 heavy (non-hydrogen) atoms. The van der Waals surface area contributed by atoms with Gasteiger partial charge in [0.25, 0.3) is 0 Å². The van der Waals surface area contributed by atoms with Gasteiger partial charge in [-0.25, -0.2) is 18.1 Å². The number of carbonyl (C=O) groups is 1. The molecule has 0 unspecified atom stereocenters. The minimum absolute atomic E-state index is 0.228. The fourth-order valence-electron chi connectivity index (χ4n) is 2.22. The average Bonchev–Trinajstić information content (AvgIpc) is 2.83. The summed E-state index contributed by atoms with van der Waals surface area (Å²) in [5, 5.41) is 5.92. The zero-order valence-electron chi connectivity index (χ0n) is 12.1. The van der Waals surface area contributed by atoms with Crippen molar-refractivity contribution in [3.63, 3.8) is 0 Å². The normalized spacial score (nSPS) is 20.8. The van der Waals surface area contributed by atoms with E-state index >= 15 is 0 Å². The summed E-state index contributed by atoms with van der Waals surface area (Å²) in [5.41, 5.74) is 3.62. The topological polar surface area (TPSA) is 78.8 Å². The lowest BCUT2D eigenvalue weighted by Gasteiger charge is -2.29. The molecular weight excluding hydrogens is 310 g/mol. The third-order valence-corrected chi connectivity index (χ3v) is 5.71. The molecule has 1 fully saturated rings. The van der Waals surface area contributed by atoms with Crippen molar-refractivity contribution in [2.75, 3.05) is 19.3 Å². The van der Waals surface area contributed by atoms with Crippen molar-refractivity contribution >= 4 is 33.5 Å². The zero-order chi connectivity index (χ0) is 15.5. The maximum absolute atomic E-state index is 12.0. The van der Waals surface area contributed by atoms with Crippen LogP contribution in [0.1, 0.15) is 23.3 Å². The molecule has 0 saturated carbocycles. The molecule has 1 atom stereocenters. The van der Waals surface area contributed by atoms with Crippen LogP contribution in [0, 0.1) is 12.8 Å². The van der Waals surface area contributed by atoms with Crippen molar-refractivity contribution in [3.8, 4) is 0 Å². The summed E-state index contributed by atoms with van der Waals surface area (Å²) in [5.74, 6) is -0.566. The van der Waals surface area contributed by atoms with Crippen LogP contribution < -0.4 is 5.43 Å². The molecule has 116 valence electrons. The van der Waals surface area contributed by atoms with Gasteiger partial charge in [0.1, 0.15) is 0 Å². The highest BCUT2D eigenvalue weighted by atomic mass is 32.2. The Balaban J connectivity index is 1.91. The summed E-state index contributed by atoms with van der Waals surface area (Å²) in [7, 11) is -3.24. The van der Waals surface area contributed by atoms with E-state index in [0.717, 1.165) is 10.4 Å². The minimum Gasteiger partial charge on any atom is -0.273 e. The lowest BCUT2D eigenvalue weighted by atomic mass is 9.99. The standard InChI is InChI=1S/C13H19N3O3S2/c1-10-5-7-20-12(10)8-14-15-13(17)11-4-3-6-16(9-11)21(2,18)19/h5,7-8,11H,3-4,6,9H2,1-2H3,(H,15,17)/b14-8-/t11-/m1/s1. The summed E-state index contributed by atoms with van der Waals surface area (Å²) >= 11 is 1.55. The third kappa shape index (κ3) is 4.36. The lowest BCUT2D eigenvalue weighted by Crippen LogP contribution is -2.44. The molecule has 0 bridgehead atoms. The summed E-state index contributed by atoms with van der Waals surface area (Å²) in [6.45, 7) is 2.70. The molecule has 1 aromatic rings. The fourth-order valence-corrected chi connectivity index (χ4v) is 3.92. The lowest BCUT2D eigenvalue weighted by molar-refractivity contribution is -0.126. The molecule has 1 amide bonds. The number of nitrogens with one attached hydrogen (secondary N) is 1. The molecule has 2 heterocycles. The molecule has 2 rings (SSSR count). The second-order valence-corrected chi connectivity index (χ2v) is 8.09. The molecule has 0 aliphatic carbocycles. The number of hydrazone groups is 1. The number of sulfonamides is 1. The van der Waals surface area contributed by atoms with E-state index in [0.29, 0.717) is 19.4 Å². The highest BCUT2D eigenvalue weighted by Gasteiger charge is 2.29. The molecule has 0 aromatic carbocycles. The highest BCUT2D eigenvalue weighted by Crippen LogP contribution is 2.18. The molecule has 1 saturated heterocycles. The number of amides is 1. The van der Waals surface area contributed by atoms with E-state index in [2.05, 4.69) is 10.5 Å². The first-order valence-corrected chi connectivity index (χ1v) is 9.43. The van der Waals surface area contributed by atoms with Gasteiger partial charge in [0.2, 0.25) is 15.9 Å². The number of nitrogens with zero attached hydrogens (tertiary/aromatic N) is 2. The van der Waals surface area contributed by atoms with Crippen molar-refractivity contribution in [3.05, 3.63) is 21.9 Å². The summed E-state index contributed by atoms with van der Waals surface area (Å²) in [6, 6.07) is 1.99. The van der Waals surface area contributed by atoms with Crippen molar-refractivity contribution in [1.29, 1.82) is 0 Å². The Labute approximate surface area is 128 Å².